The number of hydrogen-bond donors (Lipinski definition) is 1. The minimum Gasteiger partial charge on any atom is -0.496 e. The van der Waals surface area contributed by atoms with Gasteiger partial charge in [0, 0.05) is 37.8 Å². The predicted molar refractivity (Wildman–Crippen MR) is 156 cm³/mol. The SMILES string of the molecule is COc1ccc(F)c(F)c1CN(Cc1cccc(CN2C(C(=O)O)CCS2(=O)=O)c1)[C@@H](Cc1ccccc1)CN(C)C. The fourth-order valence-electron chi connectivity index (χ4n) is 5.46. The molecule has 0 aliphatic carbocycles. The Balaban J connectivity index is 1.69. The van der Waals surface area contributed by atoms with Crippen LogP contribution in [0.4, 0.5) is 8.78 Å². The summed E-state index contributed by atoms with van der Waals surface area (Å²) in [5.41, 5.74) is 2.67. The molecule has 1 heterocycles. The molecule has 226 valence electrons. The lowest BCUT2D eigenvalue weighted by molar-refractivity contribution is -0.141. The predicted octanol–water partition coefficient (Wildman–Crippen LogP) is 4.14. The Hall–Kier alpha value is -3.38. The summed E-state index contributed by atoms with van der Waals surface area (Å²) in [6, 6.07) is 18.4. The Morgan fingerprint density at radius 2 is 1.71 bits per heavy atom. The van der Waals surface area contributed by atoms with Crippen molar-refractivity contribution in [2.75, 3.05) is 33.5 Å². The van der Waals surface area contributed by atoms with E-state index in [1.165, 1.54) is 13.2 Å². The molecule has 1 unspecified atom stereocenters. The van der Waals surface area contributed by atoms with Crippen molar-refractivity contribution in [3.63, 3.8) is 0 Å². The summed E-state index contributed by atoms with van der Waals surface area (Å²) in [4.78, 5) is 15.8. The molecular weight excluding hydrogens is 564 g/mol. The number of aliphatic carboxylic acids is 1. The van der Waals surface area contributed by atoms with Gasteiger partial charge in [0.25, 0.3) is 0 Å². The van der Waals surface area contributed by atoms with Gasteiger partial charge in [-0.1, -0.05) is 54.6 Å². The van der Waals surface area contributed by atoms with E-state index in [9.17, 15) is 22.7 Å². The molecule has 11 heteroatoms. The van der Waals surface area contributed by atoms with Gasteiger partial charge in [-0.3, -0.25) is 9.69 Å². The van der Waals surface area contributed by atoms with Gasteiger partial charge in [0.1, 0.15) is 11.8 Å². The molecule has 0 bridgehead atoms. The summed E-state index contributed by atoms with van der Waals surface area (Å²) in [5.74, 6) is -3.05. The smallest absolute Gasteiger partial charge is 0.322 e. The van der Waals surface area contributed by atoms with E-state index in [0.717, 1.165) is 21.5 Å². The average molecular weight is 602 g/mol. The number of carbonyl (C=O) groups is 1. The van der Waals surface area contributed by atoms with E-state index in [0.29, 0.717) is 25.1 Å². The Labute approximate surface area is 246 Å². The molecule has 3 aromatic rings. The van der Waals surface area contributed by atoms with Gasteiger partial charge in [0.15, 0.2) is 11.6 Å². The summed E-state index contributed by atoms with van der Waals surface area (Å²) in [6.45, 7) is 0.960. The van der Waals surface area contributed by atoms with Crippen LogP contribution in [0.3, 0.4) is 0 Å². The van der Waals surface area contributed by atoms with Crippen molar-refractivity contribution >= 4 is 16.0 Å². The molecule has 1 aliphatic heterocycles. The molecule has 0 spiro atoms. The zero-order valence-corrected chi connectivity index (χ0v) is 24.9. The Kier molecular flexibility index (Phi) is 10.3. The van der Waals surface area contributed by atoms with E-state index in [1.807, 2.05) is 61.5 Å². The van der Waals surface area contributed by atoms with Crippen LogP contribution < -0.4 is 4.74 Å². The number of likely N-dealkylation sites (N-methyl/N-ethyl adjacent to an activating group) is 1. The second kappa shape index (κ2) is 13.7. The first kappa shape index (κ1) is 31.6. The molecule has 8 nitrogen and oxygen atoms in total. The third kappa shape index (κ3) is 7.71. The van der Waals surface area contributed by atoms with Gasteiger partial charge in [-0.2, -0.15) is 4.31 Å². The maximum Gasteiger partial charge on any atom is 0.322 e. The number of nitrogens with zero attached hydrogens (tertiary/aromatic N) is 3. The first-order chi connectivity index (χ1) is 20.0. The number of methoxy groups -OCH3 is 1. The first-order valence-corrected chi connectivity index (χ1v) is 15.3. The Bertz CT molecular complexity index is 1490. The Morgan fingerprint density at radius 3 is 2.38 bits per heavy atom. The van der Waals surface area contributed by atoms with E-state index in [1.54, 1.807) is 12.1 Å². The maximum atomic E-state index is 15.2. The van der Waals surface area contributed by atoms with Crippen LogP contribution in [0.1, 0.15) is 28.7 Å². The second-order valence-corrected chi connectivity index (χ2v) is 12.9. The minimum atomic E-state index is -3.69. The van der Waals surface area contributed by atoms with Gasteiger partial charge in [-0.05, 0) is 55.8 Å². The van der Waals surface area contributed by atoms with E-state index in [2.05, 4.69) is 4.90 Å². The molecule has 0 amide bonds. The standard InChI is InChI=1S/C31H37F2N3O5S/c1-34(2)20-25(17-22-8-5-4-6-9-22)35(21-26-29(41-3)13-12-27(32)30(26)33)18-23-10-7-11-24(16-23)19-36-28(31(37)38)14-15-42(36,39)40/h4-13,16,25,28H,14-15,17-21H2,1-3H3,(H,37,38)/t25-,28?/m0/s1. The summed E-state index contributed by atoms with van der Waals surface area (Å²) in [5, 5.41) is 9.56. The molecule has 1 N–H and O–H groups in total. The van der Waals surface area contributed by atoms with Crippen LogP contribution in [0, 0.1) is 11.6 Å². The average Bonchev–Trinajstić information content (AvgIpc) is 3.24. The maximum absolute atomic E-state index is 15.2. The van der Waals surface area contributed by atoms with Crippen LogP contribution in [-0.4, -0.2) is 79.2 Å². The molecule has 1 fully saturated rings. The molecule has 2 atom stereocenters. The van der Waals surface area contributed by atoms with Crippen molar-refractivity contribution < 1.29 is 31.8 Å². The molecule has 1 saturated heterocycles. The second-order valence-electron chi connectivity index (χ2n) is 10.9. The third-order valence-electron chi connectivity index (χ3n) is 7.50. The van der Waals surface area contributed by atoms with Crippen molar-refractivity contribution in [1.82, 2.24) is 14.1 Å². The summed E-state index contributed by atoms with van der Waals surface area (Å²) >= 11 is 0. The van der Waals surface area contributed by atoms with E-state index in [-0.39, 0.29) is 42.6 Å². The van der Waals surface area contributed by atoms with Crippen LogP contribution >= 0.6 is 0 Å². The van der Waals surface area contributed by atoms with Gasteiger partial charge in [-0.25, -0.2) is 17.2 Å². The van der Waals surface area contributed by atoms with Crippen molar-refractivity contribution in [1.29, 1.82) is 0 Å². The molecule has 1 aliphatic rings. The zero-order chi connectivity index (χ0) is 30.4. The number of carboxylic acids is 1. The van der Waals surface area contributed by atoms with E-state index < -0.39 is 33.7 Å². The summed E-state index contributed by atoms with van der Waals surface area (Å²) in [6.07, 6.45) is 0.683. The van der Waals surface area contributed by atoms with Crippen molar-refractivity contribution in [2.45, 2.75) is 44.6 Å². The van der Waals surface area contributed by atoms with Crippen LogP contribution in [0.25, 0.3) is 0 Å². The molecule has 42 heavy (non-hydrogen) atoms. The number of sulfonamides is 1. The van der Waals surface area contributed by atoms with Gasteiger partial charge in [-0.15, -0.1) is 0 Å². The Morgan fingerprint density at radius 1 is 1.02 bits per heavy atom. The number of rotatable bonds is 13. The lowest BCUT2D eigenvalue weighted by Gasteiger charge is -2.34. The summed E-state index contributed by atoms with van der Waals surface area (Å²) in [7, 11) is 1.64. The van der Waals surface area contributed by atoms with Crippen molar-refractivity contribution in [3.8, 4) is 5.75 Å². The van der Waals surface area contributed by atoms with Crippen molar-refractivity contribution in [3.05, 3.63) is 101 Å². The number of halogens is 2. The first-order valence-electron chi connectivity index (χ1n) is 13.7. The van der Waals surface area contributed by atoms with Crippen LogP contribution in [0.5, 0.6) is 5.75 Å². The number of benzene rings is 3. The lowest BCUT2D eigenvalue weighted by atomic mass is 10.0. The topological polar surface area (TPSA) is 90.4 Å². The molecule has 4 rings (SSSR count). The molecule has 3 aromatic carbocycles. The number of carboxylic acid groups (broad SMARTS) is 1. The van der Waals surface area contributed by atoms with Gasteiger partial charge < -0.3 is 14.7 Å². The molecule has 0 saturated carbocycles. The quantitative estimate of drug-likeness (QED) is 0.315. The summed E-state index contributed by atoms with van der Waals surface area (Å²) < 4.78 is 61.2. The molecule has 0 aromatic heterocycles. The zero-order valence-electron chi connectivity index (χ0n) is 24.0. The molecule has 0 radical (unpaired) electrons. The number of hydrogen-bond acceptors (Lipinski definition) is 6. The van der Waals surface area contributed by atoms with Gasteiger partial charge in [0.05, 0.1) is 12.9 Å². The van der Waals surface area contributed by atoms with E-state index >= 15 is 4.39 Å². The van der Waals surface area contributed by atoms with Crippen molar-refractivity contribution in [2.24, 2.45) is 0 Å². The van der Waals surface area contributed by atoms with Crippen LogP contribution in [-0.2, 0) is 40.9 Å². The van der Waals surface area contributed by atoms with Gasteiger partial charge in [0.2, 0.25) is 10.0 Å². The van der Waals surface area contributed by atoms with Crippen LogP contribution in [0.15, 0.2) is 66.7 Å². The molecular formula is C31H37F2N3O5S. The third-order valence-corrected chi connectivity index (χ3v) is 9.35. The highest BCUT2D eigenvalue weighted by Crippen LogP contribution is 2.29. The number of ether oxygens (including phenoxy) is 1. The highest BCUT2D eigenvalue weighted by Gasteiger charge is 2.41. The fourth-order valence-corrected chi connectivity index (χ4v) is 7.14. The fraction of sp³-hybridized carbons (Fsp3) is 0.387. The largest absolute Gasteiger partial charge is 0.496 e. The van der Waals surface area contributed by atoms with E-state index in [4.69, 9.17) is 4.74 Å². The minimum absolute atomic E-state index is 0.0396. The highest BCUT2D eigenvalue weighted by molar-refractivity contribution is 7.89. The normalized spacial score (nSPS) is 17.5. The monoisotopic (exact) mass is 601 g/mol. The van der Waals surface area contributed by atoms with Crippen LogP contribution in [0.2, 0.25) is 0 Å². The lowest BCUT2D eigenvalue weighted by Crippen LogP contribution is -2.43. The van der Waals surface area contributed by atoms with Gasteiger partial charge >= 0.3 is 5.97 Å². The highest BCUT2D eigenvalue weighted by atomic mass is 32.2.